The monoisotopic (exact) mass is 846 g/mol. The van der Waals surface area contributed by atoms with Gasteiger partial charge in [-0.2, -0.15) is 0 Å². The van der Waals surface area contributed by atoms with Gasteiger partial charge in [0.05, 0.1) is 28.6 Å². The summed E-state index contributed by atoms with van der Waals surface area (Å²) in [5, 5.41) is 7.43. The van der Waals surface area contributed by atoms with Crippen LogP contribution in [0.4, 0.5) is 5.69 Å². The lowest BCUT2D eigenvalue weighted by Crippen LogP contribution is -2.01. The largest absolute Gasteiger partial charge is 0.308 e. The van der Waals surface area contributed by atoms with Gasteiger partial charge < -0.3 is 9.13 Å². The van der Waals surface area contributed by atoms with E-state index < -0.39 is 0 Å². The Morgan fingerprint density at radius 2 is 0.846 bits per heavy atom. The van der Waals surface area contributed by atoms with Crippen molar-refractivity contribution in [3.8, 4) is 56.7 Å². The summed E-state index contributed by atoms with van der Waals surface area (Å²) in [6.45, 7) is 7.35. The molecule has 0 atom stereocenters. The topological polar surface area (TPSA) is 52.9 Å². The van der Waals surface area contributed by atoms with Crippen LogP contribution in [-0.2, 0) is 0 Å². The van der Waals surface area contributed by atoms with Gasteiger partial charge in [0.25, 0.3) is 0 Å². The van der Waals surface area contributed by atoms with E-state index >= 15 is 0 Å². The van der Waals surface area contributed by atoms with Crippen LogP contribution < -0.4 is 0 Å². The Morgan fingerprint density at radius 3 is 1.51 bits per heavy atom. The maximum Gasteiger partial charge on any atom is 0.187 e. The first kappa shape index (κ1) is 36.9. The van der Waals surface area contributed by atoms with Crippen LogP contribution in [0.5, 0.6) is 0 Å². The fraction of sp³-hybridized carbons (Fsp3) is 0. The zero-order chi connectivity index (χ0) is 43.0. The van der Waals surface area contributed by atoms with Gasteiger partial charge in [0, 0.05) is 69.8 Å². The summed E-state index contributed by atoms with van der Waals surface area (Å²) in [5.41, 5.74) is 12.2. The van der Waals surface area contributed by atoms with Crippen molar-refractivity contribution in [1.82, 2.24) is 24.1 Å². The summed E-state index contributed by atoms with van der Waals surface area (Å²) >= 11 is 1.88. The summed E-state index contributed by atoms with van der Waals surface area (Å²) in [5.74, 6) is 1.79. The van der Waals surface area contributed by atoms with Gasteiger partial charge >= 0.3 is 0 Å². The minimum Gasteiger partial charge on any atom is -0.308 e. The quantitative estimate of drug-likeness (QED) is 0.157. The summed E-state index contributed by atoms with van der Waals surface area (Å²) in [6, 6.07) is 72.0. The molecule has 7 heteroatoms. The van der Waals surface area contributed by atoms with Crippen molar-refractivity contribution in [2.24, 2.45) is 0 Å². The lowest BCUT2D eigenvalue weighted by atomic mass is 10.0. The molecule has 0 aliphatic carbocycles. The van der Waals surface area contributed by atoms with Gasteiger partial charge in [-0.15, -0.1) is 11.3 Å². The molecule has 0 radical (unpaired) electrons. The van der Waals surface area contributed by atoms with Crippen molar-refractivity contribution in [3.05, 3.63) is 218 Å². The van der Waals surface area contributed by atoms with E-state index in [4.69, 9.17) is 21.5 Å². The molecule has 13 aromatic rings. The number of thiophene rings is 1. The van der Waals surface area contributed by atoms with E-state index in [-0.39, 0.29) is 0 Å². The van der Waals surface area contributed by atoms with E-state index in [0.29, 0.717) is 23.2 Å². The van der Waals surface area contributed by atoms with E-state index in [1.165, 1.54) is 58.3 Å². The molecule has 0 aliphatic heterocycles. The highest BCUT2D eigenvalue weighted by molar-refractivity contribution is 7.27. The van der Waals surface area contributed by atoms with Gasteiger partial charge in [-0.3, -0.25) is 0 Å². The molecule has 0 spiro atoms. The summed E-state index contributed by atoms with van der Waals surface area (Å²) in [7, 11) is 0. The van der Waals surface area contributed by atoms with Crippen molar-refractivity contribution in [2.45, 2.75) is 0 Å². The van der Waals surface area contributed by atoms with Crippen LogP contribution >= 0.6 is 11.3 Å². The van der Waals surface area contributed by atoms with Crippen LogP contribution in [0.3, 0.4) is 0 Å². The molecule has 302 valence electrons. The maximum absolute atomic E-state index is 7.35. The Bertz CT molecular complexity index is 4050. The van der Waals surface area contributed by atoms with E-state index in [9.17, 15) is 0 Å². The molecule has 4 heterocycles. The van der Waals surface area contributed by atoms with Crippen LogP contribution in [0, 0.1) is 6.57 Å². The van der Waals surface area contributed by atoms with Crippen LogP contribution in [0.25, 0.3) is 125 Å². The number of para-hydroxylation sites is 3. The third-order valence-electron chi connectivity index (χ3n) is 12.6. The fourth-order valence-electron chi connectivity index (χ4n) is 9.67. The molecule has 0 unspecified atom stereocenters. The Kier molecular flexibility index (Phi) is 8.35. The number of nitrogens with zero attached hydrogens (tertiary/aromatic N) is 6. The lowest BCUT2D eigenvalue weighted by molar-refractivity contribution is 1.07. The van der Waals surface area contributed by atoms with Gasteiger partial charge in [0.1, 0.15) is 0 Å². The first-order valence-electron chi connectivity index (χ1n) is 21.6. The lowest BCUT2D eigenvalue weighted by Gasteiger charge is -2.13. The van der Waals surface area contributed by atoms with Gasteiger partial charge in [-0.25, -0.2) is 19.8 Å². The highest BCUT2D eigenvalue weighted by Gasteiger charge is 2.27. The van der Waals surface area contributed by atoms with Gasteiger partial charge in [-0.1, -0.05) is 164 Å². The highest BCUT2D eigenvalue weighted by Crippen LogP contribution is 2.51. The van der Waals surface area contributed by atoms with E-state index in [1.807, 2.05) is 65.9 Å². The number of rotatable bonds is 6. The normalized spacial score (nSPS) is 11.7. The molecular weight excluding hydrogens is 813 g/mol. The fourth-order valence-corrected chi connectivity index (χ4v) is 10.9. The molecule has 0 aliphatic rings. The van der Waals surface area contributed by atoms with Crippen molar-refractivity contribution in [2.75, 3.05) is 0 Å². The number of aromatic nitrogens is 5. The third kappa shape index (κ3) is 5.82. The van der Waals surface area contributed by atoms with E-state index in [2.05, 4.69) is 166 Å². The number of hydrogen-bond acceptors (Lipinski definition) is 4. The Balaban J connectivity index is 1.07. The molecule has 0 saturated carbocycles. The average molecular weight is 847 g/mol. The van der Waals surface area contributed by atoms with Gasteiger partial charge in [0.2, 0.25) is 0 Å². The van der Waals surface area contributed by atoms with E-state index in [1.54, 1.807) is 0 Å². The zero-order valence-electron chi connectivity index (χ0n) is 34.7. The molecule has 13 rings (SSSR count). The molecule has 9 aromatic carbocycles. The molecule has 65 heavy (non-hydrogen) atoms. The second-order valence-corrected chi connectivity index (χ2v) is 17.3. The Labute approximate surface area is 377 Å². The summed E-state index contributed by atoms with van der Waals surface area (Å²) < 4.78 is 7.47. The van der Waals surface area contributed by atoms with Crippen LogP contribution in [0.2, 0.25) is 0 Å². The maximum atomic E-state index is 7.35. The zero-order valence-corrected chi connectivity index (χ0v) is 35.5. The highest BCUT2D eigenvalue weighted by atomic mass is 32.1. The van der Waals surface area contributed by atoms with Crippen molar-refractivity contribution in [3.63, 3.8) is 0 Å². The predicted molar refractivity (Wildman–Crippen MR) is 269 cm³/mol. The molecule has 0 N–H and O–H groups in total. The first-order valence-corrected chi connectivity index (χ1v) is 22.4. The molecule has 6 nitrogen and oxygen atoms in total. The van der Waals surface area contributed by atoms with Gasteiger partial charge in [-0.05, 0) is 53.6 Å². The Morgan fingerprint density at radius 1 is 0.385 bits per heavy atom. The van der Waals surface area contributed by atoms with Crippen molar-refractivity contribution in [1.29, 1.82) is 0 Å². The third-order valence-corrected chi connectivity index (χ3v) is 13.8. The molecule has 0 amide bonds. The standard InChI is InChI=1S/C58H34N6S/c1-59-41-33-31-37(32-34-41)36-27-29-39(30-28-36)57-60-56(38-15-4-2-5-16-38)61-58(62-57)40-17-14-20-43(35-40)64-47-24-11-8-21-44(47)50-53-51(55-52(54(50)64)46-23-10-13-26-49(46)65-55)45-22-9-12-25-48(45)63(53)42-18-6-3-7-19-42/h2-35H. The molecule has 4 aromatic heterocycles. The smallest absolute Gasteiger partial charge is 0.187 e. The number of benzene rings is 9. The second kappa shape index (κ2) is 14.7. The molecule has 0 fully saturated rings. The van der Waals surface area contributed by atoms with Crippen molar-refractivity contribution < 1.29 is 0 Å². The number of fused-ring (bicyclic) bond motifs is 12. The summed E-state index contributed by atoms with van der Waals surface area (Å²) in [4.78, 5) is 19.0. The first-order chi connectivity index (χ1) is 32.2. The van der Waals surface area contributed by atoms with Gasteiger partial charge in [0.15, 0.2) is 23.2 Å². The van der Waals surface area contributed by atoms with Crippen molar-refractivity contribution >= 4 is 80.8 Å². The minimum atomic E-state index is 0.591. The number of hydrogen-bond donors (Lipinski definition) is 0. The molecular formula is C58H34N6S. The van der Waals surface area contributed by atoms with Crippen LogP contribution in [0.1, 0.15) is 0 Å². The van der Waals surface area contributed by atoms with E-state index in [0.717, 1.165) is 44.7 Å². The Hall–Kier alpha value is -8.70. The predicted octanol–water partition coefficient (Wildman–Crippen LogP) is 15.7. The molecule has 0 saturated heterocycles. The molecule has 0 bridgehead atoms. The summed E-state index contributed by atoms with van der Waals surface area (Å²) in [6.07, 6.45) is 0. The van der Waals surface area contributed by atoms with Crippen LogP contribution in [0.15, 0.2) is 206 Å². The van der Waals surface area contributed by atoms with Crippen LogP contribution in [-0.4, -0.2) is 24.1 Å². The average Bonchev–Trinajstić information content (AvgIpc) is 4.05. The minimum absolute atomic E-state index is 0.591. The SMILES string of the molecule is [C-]#[N+]c1ccc(-c2ccc(-c3nc(-c4ccccc4)nc(-c4cccc(-n5c6ccccc6c6c7c(c8ccccc8n7-c7ccccc7)c7sc8ccccc8c7c65)c4)n3)cc2)cc1. The second-order valence-electron chi connectivity index (χ2n) is 16.2.